The summed E-state index contributed by atoms with van der Waals surface area (Å²) >= 11 is 3.47. The summed E-state index contributed by atoms with van der Waals surface area (Å²) in [6, 6.07) is 3.85. The topological polar surface area (TPSA) is 18.5 Å². The summed E-state index contributed by atoms with van der Waals surface area (Å²) in [7, 11) is 3.25. The summed E-state index contributed by atoms with van der Waals surface area (Å²) in [5.41, 5.74) is 1.14. The number of benzene rings is 1. The molecule has 0 aliphatic rings. The molecule has 0 amide bonds. The Kier molecular flexibility index (Phi) is 4.01. The number of allylic oxidation sites excluding steroid dienone is 1. The molecule has 0 radical (unpaired) electrons. The molecule has 0 saturated carbocycles. The molecule has 0 spiro atoms. The highest BCUT2D eigenvalue weighted by molar-refractivity contribution is 9.10. The second-order valence-corrected chi connectivity index (χ2v) is 3.65. The van der Waals surface area contributed by atoms with E-state index in [4.69, 9.17) is 9.47 Å². The van der Waals surface area contributed by atoms with Gasteiger partial charge in [-0.05, 0) is 24.1 Å². The van der Waals surface area contributed by atoms with Gasteiger partial charge in [-0.25, -0.2) is 0 Å². The Hall–Kier alpha value is -0.960. The van der Waals surface area contributed by atoms with E-state index in [0.717, 1.165) is 28.0 Å². The molecule has 0 aromatic heterocycles. The molecule has 1 rings (SSSR count). The van der Waals surface area contributed by atoms with Gasteiger partial charge >= 0.3 is 0 Å². The zero-order chi connectivity index (χ0) is 10.6. The van der Waals surface area contributed by atoms with Gasteiger partial charge in [0.25, 0.3) is 0 Å². The van der Waals surface area contributed by atoms with Crippen LogP contribution in [0.2, 0.25) is 0 Å². The Balaban J connectivity index is 3.15. The van der Waals surface area contributed by atoms with Crippen molar-refractivity contribution >= 4 is 15.9 Å². The number of methoxy groups -OCH3 is 2. The van der Waals surface area contributed by atoms with Crippen LogP contribution in [0.1, 0.15) is 5.56 Å². The summed E-state index contributed by atoms with van der Waals surface area (Å²) in [6.07, 6.45) is 2.66. The Morgan fingerprint density at radius 2 is 1.86 bits per heavy atom. The molecule has 0 heterocycles. The molecule has 2 nitrogen and oxygen atoms in total. The van der Waals surface area contributed by atoms with Gasteiger partial charge in [-0.15, -0.1) is 6.58 Å². The molecule has 0 aliphatic heterocycles. The normalized spacial score (nSPS) is 9.64. The summed E-state index contributed by atoms with van der Waals surface area (Å²) in [4.78, 5) is 0. The molecule has 14 heavy (non-hydrogen) atoms. The fourth-order valence-corrected chi connectivity index (χ4v) is 1.69. The molecule has 76 valence electrons. The van der Waals surface area contributed by atoms with Crippen LogP contribution in [0.4, 0.5) is 0 Å². The van der Waals surface area contributed by atoms with Crippen molar-refractivity contribution in [1.82, 2.24) is 0 Å². The van der Waals surface area contributed by atoms with E-state index in [-0.39, 0.29) is 0 Å². The first-order chi connectivity index (χ1) is 6.72. The van der Waals surface area contributed by atoms with Crippen LogP contribution < -0.4 is 9.47 Å². The van der Waals surface area contributed by atoms with Gasteiger partial charge in [0, 0.05) is 4.47 Å². The summed E-state index contributed by atoms with van der Waals surface area (Å²) in [5.74, 6) is 1.47. The van der Waals surface area contributed by atoms with E-state index in [1.807, 2.05) is 18.2 Å². The Morgan fingerprint density at radius 3 is 2.36 bits per heavy atom. The first kappa shape index (κ1) is 11.1. The van der Waals surface area contributed by atoms with Gasteiger partial charge < -0.3 is 9.47 Å². The van der Waals surface area contributed by atoms with Crippen LogP contribution in [0, 0.1) is 0 Å². The molecular formula is C11H13BrO2. The maximum absolute atomic E-state index is 5.20. The van der Waals surface area contributed by atoms with Crippen molar-refractivity contribution in [2.24, 2.45) is 0 Å². The number of ether oxygens (including phenoxy) is 2. The highest BCUT2D eigenvalue weighted by Crippen LogP contribution is 2.33. The predicted octanol–water partition coefficient (Wildman–Crippen LogP) is 3.19. The minimum atomic E-state index is 0.729. The maximum atomic E-state index is 5.20. The highest BCUT2D eigenvalue weighted by Gasteiger charge is 2.07. The lowest BCUT2D eigenvalue weighted by molar-refractivity contribution is 0.354. The van der Waals surface area contributed by atoms with Crippen LogP contribution in [0.15, 0.2) is 29.3 Å². The van der Waals surface area contributed by atoms with Gasteiger partial charge in [0.05, 0.1) is 14.2 Å². The summed E-state index contributed by atoms with van der Waals surface area (Å²) in [5, 5.41) is 0. The molecule has 3 heteroatoms. The average Bonchev–Trinajstić information content (AvgIpc) is 2.20. The van der Waals surface area contributed by atoms with Crippen molar-refractivity contribution < 1.29 is 9.47 Å². The lowest BCUT2D eigenvalue weighted by Crippen LogP contribution is -1.93. The first-order valence-corrected chi connectivity index (χ1v) is 5.03. The van der Waals surface area contributed by atoms with E-state index in [2.05, 4.69) is 22.5 Å². The Labute approximate surface area is 92.7 Å². The van der Waals surface area contributed by atoms with Crippen LogP contribution in [0.3, 0.4) is 0 Å². The monoisotopic (exact) mass is 256 g/mol. The smallest absolute Gasteiger partial charge is 0.161 e. The molecule has 0 fully saturated rings. The van der Waals surface area contributed by atoms with Crippen LogP contribution in [-0.4, -0.2) is 14.2 Å². The Bertz CT molecular complexity index is 334. The quantitative estimate of drug-likeness (QED) is 0.771. The maximum Gasteiger partial charge on any atom is 0.161 e. The second-order valence-electron chi connectivity index (χ2n) is 2.79. The average molecular weight is 257 g/mol. The molecule has 0 saturated heterocycles. The van der Waals surface area contributed by atoms with Crippen molar-refractivity contribution in [2.75, 3.05) is 14.2 Å². The van der Waals surface area contributed by atoms with Crippen molar-refractivity contribution in [3.63, 3.8) is 0 Å². The fraction of sp³-hybridized carbons (Fsp3) is 0.273. The van der Waals surface area contributed by atoms with Crippen molar-refractivity contribution in [1.29, 1.82) is 0 Å². The number of rotatable bonds is 4. The number of hydrogen-bond donors (Lipinski definition) is 0. The number of hydrogen-bond acceptors (Lipinski definition) is 2. The van der Waals surface area contributed by atoms with Gasteiger partial charge in [-0.1, -0.05) is 22.0 Å². The molecule has 0 atom stereocenters. The van der Waals surface area contributed by atoms with Crippen LogP contribution in [0.5, 0.6) is 11.5 Å². The third kappa shape index (κ3) is 2.29. The van der Waals surface area contributed by atoms with E-state index < -0.39 is 0 Å². The van der Waals surface area contributed by atoms with Crippen molar-refractivity contribution in [3.8, 4) is 11.5 Å². The fourth-order valence-electron chi connectivity index (χ4n) is 1.21. The van der Waals surface area contributed by atoms with Crippen LogP contribution in [-0.2, 0) is 6.42 Å². The van der Waals surface area contributed by atoms with E-state index in [0.29, 0.717) is 0 Å². The third-order valence-corrected chi connectivity index (χ3v) is 2.66. The number of halogens is 1. The van der Waals surface area contributed by atoms with Crippen molar-refractivity contribution in [3.05, 3.63) is 34.8 Å². The SMILES string of the molecule is C=CCc1cc(OC)c(OC)cc1Br. The lowest BCUT2D eigenvalue weighted by atomic mass is 10.1. The minimum absolute atomic E-state index is 0.729. The second kappa shape index (κ2) is 5.05. The van der Waals surface area contributed by atoms with E-state index in [9.17, 15) is 0 Å². The van der Waals surface area contributed by atoms with E-state index in [1.54, 1.807) is 14.2 Å². The van der Waals surface area contributed by atoms with E-state index in [1.165, 1.54) is 0 Å². The largest absolute Gasteiger partial charge is 0.493 e. The zero-order valence-electron chi connectivity index (χ0n) is 8.34. The van der Waals surface area contributed by atoms with Crippen LogP contribution >= 0.6 is 15.9 Å². The highest BCUT2D eigenvalue weighted by atomic mass is 79.9. The van der Waals surface area contributed by atoms with Gasteiger partial charge in [-0.2, -0.15) is 0 Å². The lowest BCUT2D eigenvalue weighted by Gasteiger charge is -2.10. The predicted molar refractivity (Wildman–Crippen MR) is 61.1 cm³/mol. The molecule has 1 aromatic rings. The zero-order valence-corrected chi connectivity index (χ0v) is 9.93. The minimum Gasteiger partial charge on any atom is -0.493 e. The first-order valence-electron chi connectivity index (χ1n) is 4.24. The molecule has 0 unspecified atom stereocenters. The van der Waals surface area contributed by atoms with Gasteiger partial charge in [0.15, 0.2) is 11.5 Å². The van der Waals surface area contributed by atoms with Gasteiger partial charge in [0.1, 0.15) is 0 Å². The third-order valence-electron chi connectivity index (χ3n) is 1.92. The molecule has 1 aromatic carbocycles. The Morgan fingerprint density at radius 1 is 1.29 bits per heavy atom. The summed E-state index contributed by atoms with van der Waals surface area (Å²) in [6.45, 7) is 3.70. The van der Waals surface area contributed by atoms with Crippen LogP contribution in [0.25, 0.3) is 0 Å². The summed E-state index contributed by atoms with van der Waals surface area (Å²) < 4.78 is 11.4. The van der Waals surface area contributed by atoms with Gasteiger partial charge in [0.2, 0.25) is 0 Å². The van der Waals surface area contributed by atoms with Crippen molar-refractivity contribution in [2.45, 2.75) is 6.42 Å². The molecule has 0 aliphatic carbocycles. The van der Waals surface area contributed by atoms with E-state index >= 15 is 0 Å². The van der Waals surface area contributed by atoms with Gasteiger partial charge in [-0.3, -0.25) is 0 Å². The molecule has 0 bridgehead atoms. The molecular weight excluding hydrogens is 244 g/mol. The standard InChI is InChI=1S/C11H13BrO2/c1-4-5-8-6-10(13-2)11(14-3)7-9(8)12/h4,6-7H,1,5H2,2-3H3. The molecule has 0 N–H and O–H groups in total.